The van der Waals surface area contributed by atoms with Crippen molar-refractivity contribution in [2.75, 3.05) is 0 Å². The van der Waals surface area contributed by atoms with Gasteiger partial charge >= 0.3 is 8.25 Å². The third-order valence-corrected chi connectivity index (χ3v) is 6.30. The molecule has 2 aromatic rings. The predicted octanol–water partition coefficient (Wildman–Crippen LogP) is 9.23. The van der Waals surface area contributed by atoms with Crippen molar-refractivity contribution in [3.05, 3.63) is 59.7 Å². The molecule has 0 N–H and O–H groups in total. The van der Waals surface area contributed by atoms with Crippen molar-refractivity contribution in [3.8, 4) is 11.5 Å². The topological polar surface area (TPSA) is 35.5 Å². The summed E-state index contributed by atoms with van der Waals surface area (Å²) in [5.74, 6) is 1.09. The summed E-state index contributed by atoms with van der Waals surface area (Å²) in [6, 6.07) is 15.7. The van der Waals surface area contributed by atoms with Gasteiger partial charge in [-0.25, -0.2) is 9.05 Å². The zero-order valence-corrected chi connectivity index (χ0v) is 22.6. The standard InChI is InChI=1S/C28H42O3P/c1-25(2,3)19-27(7,8)21-11-15-23(16-12-21)30-32(29)31-24-17-13-22(14-18-24)28(9,10)20-26(4,5)6/h11-18H,19-20H2,1-10H3/q+1. The molecule has 0 fully saturated rings. The van der Waals surface area contributed by atoms with Gasteiger partial charge in [-0.15, -0.1) is 0 Å². The van der Waals surface area contributed by atoms with Gasteiger partial charge in [-0.3, -0.25) is 0 Å². The van der Waals surface area contributed by atoms with Gasteiger partial charge in [0.2, 0.25) is 0 Å². The second kappa shape index (κ2) is 9.56. The molecule has 0 saturated carbocycles. The monoisotopic (exact) mass is 457 g/mol. The summed E-state index contributed by atoms with van der Waals surface area (Å²) in [5.41, 5.74) is 3.07. The first-order valence-electron chi connectivity index (χ1n) is 11.5. The molecule has 0 unspecified atom stereocenters. The Morgan fingerprint density at radius 3 is 1.09 bits per heavy atom. The summed E-state index contributed by atoms with van der Waals surface area (Å²) in [7, 11) is -2.30. The van der Waals surface area contributed by atoms with Crippen LogP contribution in [0.5, 0.6) is 11.5 Å². The minimum atomic E-state index is -2.30. The summed E-state index contributed by atoms with van der Waals surface area (Å²) in [5, 5.41) is 0. The van der Waals surface area contributed by atoms with Crippen LogP contribution in [-0.2, 0) is 15.4 Å². The Morgan fingerprint density at radius 1 is 0.562 bits per heavy atom. The summed E-state index contributed by atoms with van der Waals surface area (Å²) in [6.45, 7) is 22.6. The van der Waals surface area contributed by atoms with Crippen molar-refractivity contribution in [1.29, 1.82) is 0 Å². The molecule has 0 bridgehead atoms. The van der Waals surface area contributed by atoms with E-state index in [4.69, 9.17) is 9.05 Å². The lowest BCUT2D eigenvalue weighted by Crippen LogP contribution is -2.24. The van der Waals surface area contributed by atoms with Crippen LogP contribution in [0.25, 0.3) is 0 Å². The van der Waals surface area contributed by atoms with E-state index in [2.05, 4.69) is 93.5 Å². The Morgan fingerprint density at radius 2 is 0.844 bits per heavy atom. The zero-order valence-electron chi connectivity index (χ0n) is 21.7. The lowest BCUT2D eigenvalue weighted by atomic mass is 9.72. The van der Waals surface area contributed by atoms with Crippen LogP contribution in [-0.4, -0.2) is 0 Å². The molecule has 0 heterocycles. The van der Waals surface area contributed by atoms with Crippen molar-refractivity contribution >= 4 is 8.25 Å². The molecule has 0 aliphatic rings. The molecule has 0 atom stereocenters. The Hall–Kier alpha value is -1.86. The third-order valence-electron chi connectivity index (χ3n) is 5.58. The fraction of sp³-hybridized carbons (Fsp3) is 0.571. The summed E-state index contributed by atoms with van der Waals surface area (Å²) < 4.78 is 23.5. The maximum atomic E-state index is 12.4. The van der Waals surface area contributed by atoms with E-state index in [1.807, 2.05) is 24.3 Å². The summed E-state index contributed by atoms with van der Waals surface area (Å²) >= 11 is 0. The molecule has 2 aromatic carbocycles. The van der Waals surface area contributed by atoms with Gasteiger partial charge in [-0.1, -0.05) is 93.5 Å². The minimum Gasteiger partial charge on any atom is -0.222 e. The molecule has 0 aliphatic carbocycles. The van der Waals surface area contributed by atoms with Gasteiger partial charge in [-0.2, -0.15) is 0 Å². The Bertz CT molecular complexity index is 820. The number of hydrogen-bond acceptors (Lipinski definition) is 3. The first-order valence-corrected chi connectivity index (χ1v) is 12.6. The van der Waals surface area contributed by atoms with Gasteiger partial charge in [0.1, 0.15) is 0 Å². The van der Waals surface area contributed by atoms with Crippen LogP contribution in [0.4, 0.5) is 0 Å². The molecule has 0 spiro atoms. The quantitative estimate of drug-likeness (QED) is 0.371. The molecule has 0 amide bonds. The summed E-state index contributed by atoms with van der Waals surface area (Å²) in [6.07, 6.45) is 2.14. The van der Waals surface area contributed by atoms with E-state index >= 15 is 0 Å². The molecule has 0 radical (unpaired) electrons. The number of hydrogen-bond donors (Lipinski definition) is 0. The Kier molecular flexibility index (Phi) is 7.88. The van der Waals surface area contributed by atoms with Crippen molar-refractivity contribution in [3.63, 3.8) is 0 Å². The average molecular weight is 458 g/mol. The molecule has 0 saturated heterocycles. The smallest absolute Gasteiger partial charge is 0.222 e. The Balaban J connectivity index is 1.99. The third kappa shape index (κ3) is 8.24. The molecular weight excluding hydrogens is 415 g/mol. The molecule has 0 aliphatic heterocycles. The van der Waals surface area contributed by atoms with Crippen LogP contribution in [0.3, 0.4) is 0 Å². The van der Waals surface area contributed by atoms with Crippen LogP contribution >= 0.6 is 8.25 Å². The van der Waals surface area contributed by atoms with Gasteiger partial charge in [0.15, 0.2) is 11.5 Å². The number of benzene rings is 2. The van der Waals surface area contributed by atoms with Crippen molar-refractivity contribution < 1.29 is 13.6 Å². The lowest BCUT2D eigenvalue weighted by Gasteiger charge is -2.33. The highest BCUT2D eigenvalue weighted by molar-refractivity contribution is 7.34. The van der Waals surface area contributed by atoms with Gasteiger partial charge in [-0.05, 0) is 69.9 Å². The average Bonchev–Trinajstić information content (AvgIpc) is 2.58. The van der Waals surface area contributed by atoms with Crippen LogP contribution in [0.2, 0.25) is 0 Å². The van der Waals surface area contributed by atoms with Gasteiger partial charge in [0, 0.05) is 4.57 Å². The maximum absolute atomic E-state index is 12.4. The normalized spacial score (nSPS) is 13.1. The zero-order chi connectivity index (χ0) is 24.4. The molecule has 0 aromatic heterocycles. The van der Waals surface area contributed by atoms with Crippen molar-refractivity contribution in [1.82, 2.24) is 0 Å². The van der Waals surface area contributed by atoms with Crippen LogP contribution < -0.4 is 9.05 Å². The van der Waals surface area contributed by atoms with Crippen molar-refractivity contribution in [2.24, 2.45) is 10.8 Å². The second-order valence-electron chi connectivity index (χ2n) is 12.7. The molecule has 4 heteroatoms. The first-order chi connectivity index (χ1) is 14.5. The highest BCUT2D eigenvalue weighted by atomic mass is 31.1. The van der Waals surface area contributed by atoms with E-state index in [0.717, 1.165) is 12.8 Å². The van der Waals surface area contributed by atoms with Crippen LogP contribution in [0, 0.1) is 10.8 Å². The number of rotatable bonds is 8. The van der Waals surface area contributed by atoms with E-state index in [1.165, 1.54) is 11.1 Å². The van der Waals surface area contributed by atoms with Gasteiger partial charge in [0.25, 0.3) is 0 Å². The fourth-order valence-electron chi connectivity index (χ4n) is 4.98. The van der Waals surface area contributed by atoms with Gasteiger partial charge in [0.05, 0.1) is 0 Å². The van der Waals surface area contributed by atoms with E-state index < -0.39 is 8.25 Å². The molecule has 32 heavy (non-hydrogen) atoms. The van der Waals surface area contributed by atoms with Crippen molar-refractivity contribution in [2.45, 2.75) is 92.9 Å². The molecule has 176 valence electrons. The molecule has 3 nitrogen and oxygen atoms in total. The van der Waals surface area contributed by atoms with Gasteiger partial charge < -0.3 is 0 Å². The van der Waals surface area contributed by atoms with E-state index in [9.17, 15) is 4.57 Å². The Labute approximate surface area is 196 Å². The summed E-state index contributed by atoms with van der Waals surface area (Å²) in [4.78, 5) is 0. The van der Waals surface area contributed by atoms with Crippen LogP contribution in [0.15, 0.2) is 48.5 Å². The fourth-order valence-corrected chi connectivity index (χ4v) is 5.61. The lowest BCUT2D eigenvalue weighted by molar-refractivity contribution is 0.283. The second-order valence-corrected chi connectivity index (χ2v) is 13.5. The first kappa shape index (κ1) is 26.4. The van der Waals surface area contributed by atoms with E-state index in [-0.39, 0.29) is 21.7 Å². The molecular formula is C28H42O3P+. The maximum Gasteiger partial charge on any atom is 0.805 e. The van der Waals surface area contributed by atoms with Crippen LogP contribution in [0.1, 0.15) is 93.2 Å². The minimum absolute atomic E-state index is 0.0536. The van der Waals surface area contributed by atoms with E-state index in [1.54, 1.807) is 0 Å². The van der Waals surface area contributed by atoms with E-state index in [0.29, 0.717) is 11.5 Å². The highest BCUT2D eigenvalue weighted by Crippen LogP contribution is 2.39. The SMILES string of the molecule is CC(C)(C)CC(C)(C)c1ccc(O[P+](=O)Oc2ccc(C(C)(C)CC(C)(C)C)cc2)cc1. The largest absolute Gasteiger partial charge is 0.805 e. The molecule has 2 rings (SSSR count). The highest BCUT2D eigenvalue weighted by Gasteiger charge is 2.30. The predicted molar refractivity (Wildman–Crippen MR) is 136 cm³/mol.